The van der Waals surface area contributed by atoms with E-state index in [1.807, 2.05) is 0 Å². The van der Waals surface area contributed by atoms with Gasteiger partial charge in [-0.2, -0.15) is 0 Å². The van der Waals surface area contributed by atoms with Crippen LogP contribution in [0.25, 0.3) is 0 Å². The first-order valence-corrected chi connectivity index (χ1v) is 4.77. The molecule has 4 N–H and O–H groups in total. The molecule has 1 rings (SSSR count). The number of nitrogens with two attached hydrogens (primary N) is 1. The van der Waals surface area contributed by atoms with E-state index >= 15 is 0 Å². The lowest BCUT2D eigenvalue weighted by molar-refractivity contribution is -0.0774. The summed E-state index contributed by atoms with van der Waals surface area (Å²) in [6.07, 6.45) is 0.0254. The Labute approximate surface area is 88.3 Å². The average molecular weight is 209 g/mol. The van der Waals surface area contributed by atoms with Crippen LogP contribution in [0.3, 0.4) is 0 Å². The van der Waals surface area contributed by atoms with Gasteiger partial charge >= 0.3 is 0 Å². The van der Waals surface area contributed by atoms with E-state index in [1.54, 1.807) is 19.1 Å². The highest BCUT2D eigenvalue weighted by atomic mass is 16.4. The maximum atomic E-state index is 10.4. The number of aliphatic hydroxyl groups is 2. The van der Waals surface area contributed by atoms with Crippen molar-refractivity contribution in [1.29, 1.82) is 0 Å². The standard InChI is InChI=1S/C11H15NO3/c1-2-10(14)11(12,15)9-5-3-8(7-13)4-6-9/h3-7,10,14-15H,2,12H2,1H3/t10-,11-/m0/s1. The molecule has 0 spiro atoms. The van der Waals surface area contributed by atoms with Gasteiger partial charge in [0.15, 0.2) is 5.72 Å². The van der Waals surface area contributed by atoms with Crippen molar-refractivity contribution in [3.63, 3.8) is 0 Å². The molecular formula is C11H15NO3. The van der Waals surface area contributed by atoms with Gasteiger partial charge in [0.05, 0.1) is 0 Å². The lowest BCUT2D eigenvalue weighted by atomic mass is 9.95. The quantitative estimate of drug-likeness (QED) is 0.494. The van der Waals surface area contributed by atoms with Crippen LogP contribution in [-0.2, 0) is 5.72 Å². The van der Waals surface area contributed by atoms with Crippen molar-refractivity contribution in [3.05, 3.63) is 35.4 Å². The monoisotopic (exact) mass is 209 g/mol. The van der Waals surface area contributed by atoms with Gasteiger partial charge in [-0.3, -0.25) is 10.5 Å². The molecule has 0 heterocycles. The number of hydrogen-bond donors (Lipinski definition) is 3. The van der Waals surface area contributed by atoms with Crippen LogP contribution in [0.1, 0.15) is 29.3 Å². The zero-order valence-electron chi connectivity index (χ0n) is 8.55. The first-order valence-electron chi connectivity index (χ1n) is 4.77. The van der Waals surface area contributed by atoms with Crippen LogP contribution in [0.5, 0.6) is 0 Å². The Hall–Kier alpha value is -1.23. The molecule has 2 atom stereocenters. The second-order valence-electron chi connectivity index (χ2n) is 3.49. The van der Waals surface area contributed by atoms with Crippen molar-refractivity contribution in [2.75, 3.05) is 0 Å². The average Bonchev–Trinajstić information content (AvgIpc) is 2.28. The summed E-state index contributed by atoms with van der Waals surface area (Å²) >= 11 is 0. The summed E-state index contributed by atoms with van der Waals surface area (Å²) in [5, 5.41) is 19.4. The van der Waals surface area contributed by atoms with Crippen molar-refractivity contribution in [2.24, 2.45) is 5.73 Å². The van der Waals surface area contributed by atoms with E-state index in [0.717, 1.165) is 0 Å². The molecule has 0 fully saturated rings. The molecule has 0 bridgehead atoms. The number of carbonyl (C=O) groups is 1. The summed E-state index contributed by atoms with van der Waals surface area (Å²) in [7, 11) is 0. The second kappa shape index (κ2) is 4.53. The first-order chi connectivity index (χ1) is 7.02. The third kappa shape index (κ3) is 2.41. The molecule has 4 nitrogen and oxygen atoms in total. The molecule has 0 saturated carbocycles. The Morgan fingerprint density at radius 1 is 1.47 bits per heavy atom. The maximum Gasteiger partial charge on any atom is 0.165 e. The van der Waals surface area contributed by atoms with E-state index in [9.17, 15) is 15.0 Å². The Kier molecular flexibility index (Phi) is 3.57. The third-order valence-electron chi connectivity index (χ3n) is 2.40. The molecule has 0 aliphatic heterocycles. The van der Waals surface area contributed by atoms with Crippen LogP contribution in [0.4, 0.5) is 0 Å². The molecule has 0 radical (unpaired) electrons. The molecule has 0 aliphatic rings. The SMILES string of the molecule is CC[C@H](O)[C@@](N)(O)c1ccc(C=O)cc1. The van der Waals surface area contributed by atoms with Gasteiger partial charge in [0.25, 0.3) is 0 Å². The summed E-state index contributed by atoms with van der Waals surface area (Å²) in [6, 6.07) is 6.15. The molecule has 0 aromatic heterocycles. The van der Waals surface area contributed by atoms with Gasteiger partial charge in [0, 0.05) is 11.1 Å². The zero-order valence-corrected chi connectivity index (χ0v) is 8.55. The Balaban J connectivity index is 2.99. The Morgan fingerprint density at radius 3 is 2.40 bits per heavy atom. The van der Waals surface area contributed by atoms with Crippen LogP contribution in [0, 0.1) is 0 Å². The van der Waals surface area contributed by atoms with Gasteiger partial charge in [-0.25, -0.2) is 0 Å². The Morgan fingerprint density at radius 2 is 2.00 bits per heavy atom. The predicted octanol–water partition coefficient (Wildman–Crippen LogP) is 0.374. The minimum absolute atomic E-state index is 0.350. The second-order valence-corrected chi connectivity index (χ2v) is 3.49. The first kappa shape index (κ1) is 11.8. The van der Waals surface area contributed by atoms with Crippen molar-refractivity contribution in [2.45, 2.75) is 25.2 Å². The van der Waals surface area contributed by atoms with Gasteiger partial charge < -0.3 is 10.2 Å². The topological polar surface area (TPSA) is 83.6 Å². The molecular weight excluding hydrogens is 194 g/mol. The van der Waals surface area contributed by atoms with Crippen molar-refractivity contribution >= 4 is 6.29 Å². The van der Waals surface area contributed by atoms with Crippen LogP contribution in [-0.4, -0.2) is 22.6 Å². The molecule has 15 heavy (non-hydrogen) atoms. The largest absolute Gasteiger partial charge is 0.388 e. The van der Waals surface area contributed by atoms with Crippen molar-refractivity contribution in [1.82, 2.24) is 0 Å². The van der Waals surface area contributed by atoms with Crippen molar-refractivity contribution < 1.29 is 15.0 Å². The third-order valence-corrected chi connectivity index (χ3v) is 2.40. The summed E-state index contributed by atoms with van der Waals surface area (Å²) in [6.45, 7) is 1.72. The number of aliphatic hydroxyl groups excluding tert-OH is 1. The fourth-order valence-electron chi connectivity index (χ4n) is 1.33. The molecule has 4 heteroatoms. The Bertz CT molecular complexity index is 332. The van der Waals surface area contributed by atoms with Gasteiger partial charge in [0.2, 0.25) is 0 Å². The number of rotatable bonds is 4. The highest BCUT2D eigenvalue weighted by Crippen LogP contribution is 2.21. The smallest absolute Gasteiger partial charge is 0.165 e. The fraction of sp³-hybridized carbons (Fsp3) is 0.364. The molecule has 1 aromatic carbocycles. The van der Waals surface area contributed by atoms with Crippen molar-refractivity contribution in [3.8, 4) is 0 Å². The van der Waals surface area contributed by atoms with Crippen LogP contribution in [0.2, 0.25) is 0 Å². The summed E-state index contributed by atoms with van der Waals surface area (Å²) < 4.78 is 0. The van der Waals surface area contributed by atoms with E-state index in [1.165, 1.54) is 12.1 Å². The fourth-order valence-corrected chi connectivity index (χ4v) is 1.33. The summed E-state index contributed by atoms with van der Waals surface area (Å²) in [5.74, 6) is 0. The lowest BCUT2D eigenvalue weighted by Gasteiger charge is -2.28. The van der Waals surface area contributed by atoms with E-state index in [2.05, 4.69) is 0 Å². The van der Waals surface area contributed by atoms with E-state index in [0.29, 0.717) is 23.8 Å². The lowest BCUT2D eigenvalue weighted by Crippen LogP contribution is -2.47. The zero-order chi connectivity index (χ0) is 11.5. The number of hydrogen-bond acceptors (Lipinski definition) is 4. The van der Waals surface area contributed by atoms with E-state index in [4.69, 9.17) is 5.73 Å². The minimum Gasteiger partial charge on any atom is -0.388 e. The van der Waals surface area contributed by atoms with Gasteiger partial charge in [-0.1, -0.05) is 31.2 Å². The number of benzene rings is 1. The molecule has 0 saturated heterocycles. The summed E-state index contributed by atoms with van der Waals surface area (Å²) in [5.41, 5.74) is 4.72. The molecule has 0 unspecified atom stereocenters. The van der Waals surface area contributed by atoms with Gasteiger partial charge in [-0.15, -0.1) is 0 Å². The van der Waals surface area contributed by atoms with Crippen LogP contribution >= 0.6 is 0 Å². The summed E-state index contributed by atoms with van der Waals surface area (Å²) in [4.78, 5) is 10.4. The maximum absolute atomic E-state index is 10.4. The molecule has 0 amide bonds. The number of aldehydes is 1. The molecule has 82 valence electrons. The molecule has 0 aliphatic carbocycles. The normalized spacial score (nSPS) is 16.8. The van der Waals surface area contributed by atoms with Gasteiger partial charge in [0.1, 0.15) is 12.4 Å². The highest BCUT2D eigenvalue weighted by molar-refractivity contribution is 5.74. The van der Waals surface area contributed by atoms with Crippen LogP contribution in [0.15, 0.2) is 24.3 Å². The number of carbonyl (C=O) groups excluding carboxylic acids is 1. The minimum atomic E-state index is -1.77. The van der Waals surface area contributed by atoms with Gasteiger partial charge in [-0.05, 0) is 6.42 Å². The van der Waals surface area contributed by atoms with Crippen LogP contribution < -0.4 is 5.73 Å². The molecule has 1 aromatic rings. The predicted molar refractivity (Wildman–Crippen MR) is 56.2 cm³/mol. The highest BCUT2D eigenvalue weighted by Gasteiger charge is 2.31. The van der Waals surface area contributed by atoms with E-state index < -0.39 is 11.8 Å². The van der Waals surface area contributed by atoms with E-state index in [-0.39, 0.29) is 0 Å².